The maximum absolute atomic E-state index is 5.98. The molecule has 9 heteroatoms. The van der Waals surface area contributed by atoms with E-state index in [9.17, 15) is 0 Å². The molecule has 0 amide bonds. The monoisotopic (exact) mass is 392 g/mol. The average Bonchev–Trinajstić information content (AvgIpc) is 3.27. The summed E-state index contributed by atoms with van der Waals surface area (Å²) in [6.07, 6.45) is 5.87. The van der Waals surface area contributed by atoms with Crippen molar-refractivity contribution in [3.05, 3.63) is 36.0 Å². The molecule has 0 N–H and O–H groups in total. The Bertz CT molecular complexity index is 1170. The number of nitrogens with zero attached hydrogens (tertiary/aromatic N) is 8. The molecule has 5 heterocycles. The molecule has 4 aromatic heterocycles. The van der Waals surface area contributed by atoms with E-state index in [0.717, 1.165) is 59.9 Å². The summed E-state index contributed by atoms with van der Waals surface area (Å²) in [5, 5.41) is 9.85. The van der Waals surface area contributed by atoms with Gasteiger partial charge in [-0.05, 0) is 38.7 Å². The molecule has 0 bridgehead atoms. The van der Waals surface area contributed by atoms with Crippen LogP contribution in [0.1, 0.15) is 24.4 Å². The molecular formula is C20H24N8O. The summed E-state index contributed by atoms with van der Waals surface area (Å²) in [5.74, 6) is 2.90. The molecule has 5 rings (SSSR count). The second kappa shape index (κ2) is 6.98. The van der Waals surface area contributed by atoms with E-state index in [1.807, 2.05) is 45.4 Å². The van der Waals surface area contributed by atoms with Crippen molar-refractivity contribution in [3.63, 3.8) is 0 Å². The Morgan fingerprint density at radius 3 is 2.76 bits per heavy atom. The molecule has 0 unspecified atom stereocenters. The summed E-state index contributed by atoms with van der Waals surface area (Å²) in [5.41, 5.74) is 2.67. The van der Waals surface area contributed by atoms with Crippen molar-refractivity contribution in [3.8, 4) is 5.88 Å². The standard InChI is InChI=1S/C20H24N8O/c1-13-11-28-17(22-13)4-5-18(25-28)29-12-15-6-8-27(9-7-15)20-16-10-21-26(3)19(16)23-14(2)24-20/h4-5,10-11,15H,6-9,12H2,1-3H3. The van der Waals surface area contributed by atoms with E-state index in [1.54, 1.807) is 9.20 Å². The minimum Gasteiger partial charge on any atom is -0.476 e. The van der Waals surface area contributed by atoms with Gasteiger partial charge >= 0.3 is 0 Å². The molecular weight excluding hydrogens is 368 g/mol. The van der Waals surface area contributed by atoms with Gasteiger partial charge in [0, 0.05) is 26.2 Å². The van der Waals surface area contributed by atoms with E-state index in [1.165, 1.54) is 0 Å². The molecule has 1 aliphatic heterocycles. The number of piperidine rings is 1. The fraction of sp³-hybridized carbons (Fsp3) is 0.450. The topological polar surface area (TPSA) is 86.3 Å². The van der Waals surface area contributed by atoms with Crippen molar-refractivity contribution in [1.82, 2.24) is 34.3 Å². The van der Waals surface area contributed by atoms with Gasteiger partial charge in [0.25, 0.3) is 0 Å². The summed E-state index contributed by atoms with van der Waals surface area (Å²) in [6.45, 7) is 6.46. The molecule has 0 saturated carbocycles. The minimum atomic E-state index is 0.501. The molecule has 150 valence electrons. The normalized spacial score (nSPS) is 15.5. The fourth-order valence-electron chi connectivity index (χ4n) is 3.93. The summed E-state index contributed by atoms with van der Waals surface area (Å²) >= 11 is 0. The quantitative estimate of drug-likeness (QED) is 0.527. The zero-order chi connectivity index (χ0) is 20.0. The van der Waals surface area contributed by atoms with E-state index < -0.39 is 0 Å². The van der Waals surface area contributed by atoms with Gasteiger partial charge in [0.15, 0.2) is 11.3 Å². The summed E-state index contributed by atoms with van der Waals surface area (Å²) in [6, 6.07) is 3.83. The molecule has 1 aliphatic rings. The minimum absolute atomic E-state index is 0.501. The van der Waals surface area contributed by atoms with Gasteiger partial charge in [-0.25, -0.2) is 19.5 Å². The van der Waals surface area contributed by atoms with Gasteiger partial charge < -0.3 is 9.64 Å². The van der Waals surface area contributed by atoms with E-state index in [0.29, 0.717) is 18.4 Å². The van der Waals surface area contributed by atoms with Crippen LogP contribution < -0.4 is 9.64 Å². The molecule has 0 atom stereocenters. The number of ether oxygens (including phenoxy) is 1. The van der Waals surface area contributed by atoms with Crippen LogP contribution >= 0.6 is 0 Å². The molecule has 0 aromatic carbocycles. The first kappa shape index (κ1) is 17.8. The van der Waals surface area contributed by atoms with Crippen molar-refractivity contribution in [1.29, 1.82) is 0 Å². The first-order valence-electron chi connectivity index (χ1n) is 9.94. The van der Waals surface area contributed by atoms with Crippen LogP contribution in [0.25, 0.3) is 16.7 Å². The van der Waals surface area contributed by atoms with Crippen LogP contribution in [0.2, 0.25) is 0 Å². The zero-order valence-corrected chi connectivity index (χ0v) is 16.9. The Morgan fingerprint density at radius 2 is 1.93 bits per heavy atom. The number of imidazole rings is 1. The highest BCUT2D eigenvalue weighted by molar-refractivity contribution is 5.87. The smallest absolute Gasteiger partial charge is 0.231 e. The third-order valence-electron chi connectivity index (χ3n) is 5.48. The Morgan fingerprint density at radius 1 is 1.10 bits per heavy atom. The summed E-state index contributed by atoms with van der Waals surface area (Å²) < 4.78 is 9.55. The van der Waals surface area contributed by atoms with E-state index >= 15 is 0 Å². The van der Waals surface area contributed by atoms with E-state index in [4.69, 9.17) is 9.72 Å². The summed E-state index contributed by atoms with van der Waals surface area (Å²) in [7, 11) is 1.92. The number of aromatic nitrogens is 7. The maximum Gasteiger partial charge on any atom is 0.231 e. The molecule has 4 aromatic rings. The van der Waals surface area contributed by atoms with Crippen LogP contribution in [0.15, 0.2) is 24.5 Å². The average molecular weight is 392 g/mol. The van der Waals surface area contributed by atoms with Gasteiger partial charge in [-0.2, -0.15) is 5.10 Å². The van der Waals surface area contributed by atoms with Crippen molar-refractivity contribution in [2.45, 2.75) is 26.7 Å². The van der Waals surface area contributed by atoms with Crippen molar-refractivity contribution < 1.29 is 4.74 Å². The van der Waals surface area contributed by atoms with Crippen LogP contribution in [0.3, 0.4) is 0 Å². The van der Waals surface area contributed by atoms with Gasteiger partial charge in [0.2, 0.25) is 5.88 Å². The lowest BCUT2D eigenvalue weighted by atomic mass is 9.97. The van der Waals surface area contributed by atoms with E-state index in [-0.39, 0.29) is 0 Å². The van der Waals surface area contributed by atoms with Gasteiger partial charge in [0.1, 0.15) is 11.6 Å². The Balaban J connectivity index is 1.23. The van der Waals surface area contributed by atoms with Gasteiger partial charge in [-0.1, -0.05) is 0 Å². The number of fused-ring (bicyclic) bond motifs is 2. The predicted octanol–water partition coefficient (Wildman–Crippen LogP) is 2.32. The number of aryl methyl sites for hydroxylation is 3. The zero-order valence-electron chi connectivity index (χ0n) is 16.9. The lowest BCUT2D eigenvalue weighted by molar-refractivity contribution is 0.213. The molecule has 29 heavy (non-hydrogen) atoms. The highest BCUT2D eigenvalue weighted by atomic mass is 16.5. The van der Waals surface area contributed by atoms with Gasteiger partial charge in [0.05, 0.1) is 30.1 Å². The van der Waals surface area contributed by atoms with Crippen molar-refractivity contribution in [2.75, 3.05) is 24.6 Å². The van der Waals surface area contributed by atoms with Crippen LogP contribution in [0, 0.1) is 19.8 Å². The number of rotatable bonds is 4. The molecule has 0 spiro atoms. The first-order chi connectivity index (χ1) is 14.1. The highest BCUT2D eigenvalue weighted by Crippen LogP contribution is 2.28. The maximum atomic E-state index is 5.98. The first-order valence-corrected chi connectivity index (χ1v) is 9.94. The fourth-order valence-corrected chi connectivity index (χ4v) is 3.93. The van der Waals surface area contributed by atoms with Crippen molar-refractivity contribution >= 4 is 22.5 Å². The molecule has 1 saturated heterocycles. The highest BCUT2D eigenvalue weighted by Gasteiger charge is 2.23. The Labute approximate surface area is 168 Å². The molecule has 9 nitrogen and oxygen atoms in total. The lowest BCUT2D eigenvalue weighted by Crippen LogP contribution is -2.36. The van der Waals surface area contributed by atoms with Crippen LogP contribution in [-0.4, -0.2) is 54.0 Å². The molecule has 0 aliphatic carbocycles. The number of hydrogen-bond acceptors (Lipinski definition) is 7. The van der Waals surface area contributed by atoms with Crippen LogP contribution in [0.4, 0.5) is 5.82 Å². The lowest BCUT2D eigenvalue weighted by Gasteiger charge is -2.32. The second-order valence-corrected chi connectivity index (χ2v) is 7.70. The SMILES string of the molecule is Cc1cn2nc(OCC3CCN(c4nc(C)nc5c4cnn5C)CC3)ccc2n1. The van der Waals surface area contributed by atoms with E-state index in [2.05, 4.69) is 25.1 Å². The van der Waals surface area contributed by atoms with Gasteiger partial charge in [-0.3, -0.25) is 4.68 Å². The van der Waals surface area contributed by atoms with Crippen molar-refractivity contribution in [2.24, 2.45) is 13.0 Å². The molecule has 1 fully saturated rings. The van der Waals surface area contributed by atoms with Gasteiger partial charge in [-0.15, -0.1) is 5.10 Å². The third-order valence-corrected chi connectivity index (χ3v) is 5.48. The summed E-state index contributed by atoms with van der Waals surface area (Å²) in [4.78, 5) is 16.0. The largest absolute Gasteiger partial charge is 0.476 e. The molecule has 0 radical (unpaired) electrons. The number of anilines is 1. The number of hydrogen-bond donors (Lipinski definition) is 0. The van der Waals surface area contributed by atoms with Crippen LogP contribution in [0.5, 0.6) is 5.88 Å². The Hall–Kier alpha value is -3.23. The predicted molar refractivity (Wildman–Crippen MR) is 109 cm³/mol. The van der Waals surface area contributed by atoms with Crippen LogP contribution in [-0.2, 0) is 7.05 Å². The Kier molecular flexibility index (Phi) is 4.30. The second-order valence-electron chi connectivity index (χ2n) is 7.70. The third kappa shape index (κ3) is 3.37.